The third-order valence-corrected chi connectivity index (χ3v) is 8.15. The molecule has 3 heterocycles. The molecule has 2 amide bonds. The summed E-state index contributed by atoms with van der Waals surface area (Å²) in [5.74, 6) is -0.198. The van der Waals surface area contributed by atoms with Crippen LogP contribution in [-0.2, 0) is 23.9 Å². The second-order valence-electron chi connectivity index (χ2n) is 8.42. The number of halogens is 3. The molecule has 35 heavy (non-hydrogen) atoms. The SMILES string of the molecule is CC[C@@H](C)NCCC(=O)Nc1sc2c(c1-c1nc3cc(C(F)(F)F)ccc3s1)CCN(C(=O)O)C2. The number of nitrogens with zero attached hydrogens (tertiary/aromatic N) is 2. The molecule has 0 fully saturated rings. The van der Waals surface area contributed by atoms with E-state index in [1.165, 1.54) is 33.6 Å². The van der Waals surface area contributed by atoms with Gasteiger partial charge in [-0.15, -0.1) is 22.7 Å². The Balaban J connectivity index is 1.68. The average Bonchev–Trinajstić information content (AvgIpc) is 3.37. The maximum absolute atomic E-state index is 13.2. The van der Waals surface area contributed by atoms with Gasteiger partial charge in [-0.25, -0.2) is 9.78 Å². The zero-order valence-corrected chi connectivity index (χ0v) is 20.8. The summed E-state index contributed by atoms with van der Waals surface area (Å²) in [6.45, 7) is 5.08. The molecule has 0 saturated carbocycles. The molecule has 1 aromatic carbocycles. The Morgan fingerprint density at radius 2 is 2.06 bits per heavy atom. The maximum Gasteiger partial charge on any atom is 0.416 e. The minimum atomic E-state index is -4.47. The first-order chi connectivity index (χ1) is 16.6. The second kappa shape index (κ2) is 10.1. The van der Waals surface area contributed by atoms with Crippen LogP contribution in [0.1, 0.15) is 42.7 Å². The van der Waals surface area contributed by atoms with Gasteiger partial charge in [0.25, 0.3) is 0 Å². The molecule has 3 N–H and O–H groups in total. The van der Waals surface area contributed by atoms with Gasteiger partial charge in [-0.2, -0.15) is 13.2 Å². The van der Waals surface area contributed by atoms with Gasteiger partial charge in [0.2, 0.25) is 5.91 Å². The summed E-state index contributed by atoms with van der Waals surface area (Å²) in [6.07, 6.45) is -3.86. The van der Waals surface area contributed by atoms with Gasteiger partial charge in [0.1, 0.15) is 10.0 Å². The van der Waals surface area contributed by atoms with E-state index in [4.69, 9.17) is 0 Å². The molecule has 0 unspecified atom stereocenters. The van der Waals surface area contributed by atoms with Crippen molar-refractivity contribution in [2.24, 2.45) is 0 Å². The molecule has 3 aromatic rings. The number of carboxylic acid groups (broad SMARTS) is 1. The molecule has 1 aliphatic rings. The monoisotopic (exact) mass is 526 g/mol. The molecule has 12 heteroatoms. The number of hydrogen-bond donors (Lipinski definition) is 3. The number of alkyl halides is 3. The van der Waals surface area contributed by atoms with E-state index in [9.17, 15) is 27.9 Å². The number of benzene rings is 1. The van der Waals surface area contributed by atoms with Crippen molar-refractivity contribution in [3.63, 3.8) is 0 Å². The van der Waals surface area contributed by atoms with E-state index < -0.39 is 17.8 Å². The van der Waals surface area contributed by atoms with Crippen LogP contribution in [0.15, 0.2) is 18.2 Å². The van der Waals surface area contributed by atoms with Gasteiger partial charge in [-0.05, 0) is 43.5 Å². The van der Waals surface area contributed by atoms with E-state index in [1.54, 1.807) is 0 Å². The smallest absolute Gasteiger partial charge is 0.416 e. The predicted molar refractivity (Wildman–Crippen MR) is 131 cm³/mol. The molecule has 1 aliphatic heterocycles. The van der Waals surface area contributed by atoms with E-state index >= 15 is 0 Å². The van der Waals surface area contributed by atoms with Crippen molar-refractivity contribution < 1.29 is 27.9 Å². The molecule has 0 spiro atoms. The van der Waals surface area contributed by atoms with Gasteiger partial charge in [-0.1, -0.05) is 6.92 Å². The minimum Gasteiger partial charge on any atom is -0.465 e. The number of rotatable bonds is 7. The highest BCUT2D eigenvalue weighted by atomic mass is 32.1. The average molecular weight is 527 g/mol. The van der Waals surface area contributed by atoms with Crippen molar-refractivity contribution in [3.05, 3.63) is 34.2 Å². The lowest BCUT2D eigenvalue weighted by atomic mass is 10.0. The Bertz CT molecular complexity index is 1250. The van der Waals surface area contributed by atoms with Crippen LogP contribution >= 0.6 is 22.7 Å². The summed E-state index contributed by atoms with van der Waals surface area (Å²) in [5, 5.41) is 16.7. The number of amides is 2. The fourth-order valence-corrected chi connectivity index (χ4v) is 6.23. The Morgan fingerprint density at radius 1 is 1.29 bits per heavy atom. The molecule has 2 aromatic heterocycles. The van der Waals surface area contributed by atoms with Gasteiger partial charge < -0.3 is 20.6 Å². The number of carbonyl (C=O) groups excluding carboxylic acids is 1. The molecule has 0 radical (unpaired) electrons. The van der Waals surface area contributed by atoms with Crippen LogP contribution in [0.25, 0.3) is 20.8 Å². The molecule has 7 nitrogen and oxygen atoms in total. The summed E-state index contributed by atoms with van der Waals surface area (Å²) in [5.41, 5.74) is 1.02. The van der Waals surface area contributed by atoms with Crippen LogP contribution in [0.4, 0.5) is 23.0 Å². The summed E-state index contributed by atoms with van der Waals surface area (Å²) in [4.78, 5) is 30.8. The van der Waals surface area contributed by atoms with Crippen LogP contribution in [0, 0.1) is 0 Å². The van der Waals surface area contributed by atoms with E-state index in [0.29, 0.717) is 45.8 Å². The third kappa shape index (κ3) is 5.60. The first-order valence-electron chi connectivity index (χ1n) is 11.2. The normalized spacial score (nSPS) is 14.7. The number of carbonyl (C=O) groups is 2. The largest absolute Gasteiger partial charge is 0.465 e. The van der Waals surface area contributed by atoms with E-state index in [2.05, 4.69) is 22.5 Å². The summed E-state index contributed by atoms with van der Waals surface area (Å²) in [6, 6.07) is 3.76. The number of fused-ring (bicyclic) bond motifs is 2. The highest BCUT2D eigenvalue weighted by Gasteiger charge is 2.32. The van der Waals surface area contributed by atoms with Crippen molar-refractivity contribution in [3.8, 4) is 10.6 Å². The summed E-state index contributed by atoms with van der Waals surface area (Å²) < 4.78 is 40.1. The zero-order chi connectivity index (χ0) is 25.3. The van der Waals surface area contributed by atoms with Crippen LogP contribution in [0.5, 0.6) is 0 Å². The molecule has 1 atom stereocenters. The van der Waals surface area contributed by atoms with Gasteiger partial charge in [0.15, 0.2) is 0 Å². The number of aromatic nitrogens is 1. The van der Waals surface area contributed by atoms with Gasteiger partial charge in [-0.3, -0.25) is 4.79 Å². The quantitative estimate of drug-likeness (QED) is 0.362. The number of thiophene rings is 1. The summed E-state index contributed by atoms with van der Waals surface area (Å²) in [7, 11) is 0. The number of anilines is 1. The lowest BCUT2D eigenvalue weighted by Gasteiger charge is -2.24. The zero-order valence-electron chi connectivity index (χ0n) is 19.2. The van der Waals surface area contributed by atoms with Crippen molar-refractivity contribution in [2.45, 2.75) is 51.9 Å². The Labute approximate surface area is 208 Å². The lowest BCUT2D eigenvalue weighted by molar-refractivity contribution is -0.137. The molecule has 188 valence electrons. The van der Waals surface area contributed by atoms with Crippen molar-refractivity contribution in [1.82, 2.24) is 15.2 Å². The molecular formula is C23H25F3N4O3S2. The highest BCUT2D eigenvalue weighted by Crippen LogP contribution is 2.46. The minimum absolute atomic E-state index is 0.191. The molecule has 0 aliphatic carbocycles. The first-order valence-corrected chi connectivity index (χ1v) is 12.8. The van der Waals surface area contributed by atoms with Gasteiger partial charge >= 0.3 is 12.3 Å². The fourth-order valence-electron chi connectivity index (χ4n) is 3.86. The van der Waals surface area contributed by atoms with Crippen molar-refractivity contribution in [2.75, 3.05) is 18.4 Å². The van der Waals surface area contributed by atoms with Crippen LogP contribution in [0.2, 0.25) is 0 Å². The lowest BCUT2D eigenvalue weighted by Crippen LogP contribution is -2.34. The first kappa shape index (κ1) is 25.4. The Hall–Kier alpha value is -2.70. The van der Waals surface area contributed by atoms with E-state index in [0.717, 1.165) is 29.0 Å². The predicted octanol–water partition coefficient (Wildman–Crippen LogP) is 5.80. The van der Waals surface area contributed by atoms with Crippen LogP contribution < -0.4 is 10.6 Å². The fraction of sp³-hybridized carbons (Fsp3) is 0.435. The molecule has 0 bridgehead atoms. The van der Waals surface area contributed by atoms with Gasteiger partial charge in [0, 0.05) is 36.0 Å². The Kier molecular flexibility index (Phi) is 7.34. The second-order valence-corrected chi connectivity index (χ2v) is 10.6. The van der Waals surface area contributed by atoms with Crippen LogP contribution in [0.3, 0.4) is 0 Å². The van der Waals surface area contributed by atoms with E-state index in [1.807, 2.05) is 6.92 Å². The molecule has 0 saturated heterocycles. The molecular weight excluding hydrogens is 501 g/mol. The number of nitrogens with one attached hydrogen (secondary N) is 2. The third-order valence-electron chi connectivity index (χ3n) is 5.97. The van der Waals surface area contributed by atoms with Crippen molar-refractivity contribution in [1.29, 1.82) is 0 Å². The van der Waals surface area contributed by atoms with Gasteiger partial charge in [0.05, 0.1) is 22.3 Å². The van der Waals surface area contributed by atoms with E-state index in [-0.39, 0.29) is 24.4 Å². The maximum atomic E-state index is 13.2. The summed E-state index contributed by atoms with van der Waals surface area (Å²) >= 11 is 2.55. The Morgan fingerprint density at radius 3 is 2.74 bits per heavy atom. The number of hydrogen-bond acceptors (Lipinski definition) is 6. The standard InChI is InChI=1S/C23H25F3N4O3S2/c1-3-12(2)27-8-6-18(31)29-21-19(14-7-9-30(22(32)33)11-17(14)35-21)20-28-15-10-13(23(24,25)26)4-5-16(15)34-20/h4-5,10,12,27H,3,6-9,11H2,1-2H3,(H,29,31)(H,32,33)/t12-/m1/s1. The molecule has 4 rings (SSSR count). The van der Waals surface area contributed by atoms with Crippen molar-refractivity contribution >= 4 is 49.9 Å². The highest BCUT2D eigenvalue weighted by molar-refractivity contribution is 7.23. The van der Waals surface area contributed by atoms with Crippen LogP contribution in [-0.4, -0.2) is 46.1 Å². The topological polar surface area (TPSA) is 94.6 Å². The number of thiazole rings is 1.